The number of carbonyl (C=O) groups is 1. The Morgan fingerprint density at radius 2 is 1.74 bits per heavy atom. The Hall–Kier alpha value is -3.50. The summed E-state index contributed by atoms with van der Waals surface area (Å²) in [7, 11) is -1.18. The Kier molecular flexibility index (Phi) is 8.55. The average Bonchev–Trinajstić information content (AvgIpc) is 2.87. The van der Waals surface area contributed by atoms with E-state index in [9.17, 15) is 13.2 Å². The smallest absolute Gasteiger partial charge is 0.264 e. The fourth-order valence-electron chi connectivity index (χ4n) is 3.04. The minimum Gasteiger partial charge on any atom is -0.497 e. The number of anilines is 1. The summed E-state index contributed by atoms with van der Waals surface area (Å²) in [6.07, 6.45) is 3.47. The molecule has 0 spiro atoms. The molecular weight excluding hydrogens is 474 g/mol. The lowest BCUT2D eigenvalue weighted by Gasteiger charge is -2.25. The van der Waals surface area contributed by atoms with E-state index in [0.29, 0.717) is 5.75 Å². The summed E-state index contributed by atoms with van der Waals surface area (Å²) in [5, 5.41) is 3.96. The van der Waals surface area contributed by atoms with Crippen LogP contribution in [0.2, 0.25) is 0 Å². The summed E-state index contributed by atoms with van der Waals surface area (Å²) in [6.45, 7) is -0.511. The zero-order chi connectivity index (χ0) is 24.6. The third-order valence-electron chi connectivity index (χ3n) is 4.79. The Bertz CT molecular complexity index is 1250. The standard InChI is InChI=1S/C24H25N3O5S2/c1-31-19-11-14-22(23(15-19)32-2)27(34(29,30)21-7-5-4-6-8-21)17-24(28)26-25-16-18-9-12-20(33-3)13-10-18/h4-16H,17H2,1-3H3,(H,26,28)/b25-16-. The van der Waals surface area contributed by atoms with Gasteiger partial charge < -0.3 is 9.47 Å². The number of hydrogen-bond acceptors (Lipinski definition) is 7. The molecule has 8 nitrogen and oxygen atoms in total. The van der Waals surface area contributed by atoms with E-state index in [1.807, 2.05) is 30.5 Å². The number of ether oxygens (including phenoxy) is 2. The maximum atomic E-state index is 13.5. The molecule has 0 saturated carbocycles. The third-order valence-corrected chi connectivity index (χ3v) is 7.31. The number of thioether (sulfide) groups is 1. The largest absolute Gasteiger partial charge is 0.497 e. The van der Waals surface area contributed by atoms with Gasteiger partial charge in [0.05, 0.1) is 31.0 Å². The zero-order valence-electron chi connectivity index (χ0n) is 19.0. The first kappa shape index (κ1) is 25.1. The van der Waals surface area contributed by atoms with Crippen LogP contribution in [0, 0.1) is 0 Å². The molecule has 0 radical (unpaired) electrons. The molecule has 0 saturated heterocycles. The van der Waals surface area contributed by atoms with Crippen LogP contribution in [0.15, 0.2) is 87.7 Å². The van der Waals surface area contributed by atoms with Crippen molar-refractivity contribution >= 4 is 39.6 Å². The van der Waals surface area contributed by atoms with Crippen molar-refractivity contribution in [1.82, 2.24) is 5.43 Å². The van der Waals surface area contributed by atoms with Gasteiger partial charge in [0.25, 0.3) is 15.9 Å². The highest BCUT2D eigenvalue weighted by Gasteiger charge is 2.29. The van der Waals surface area contributed by atoms with Crippen molar-refractivity contribution < 1.29 is 22.7 Å². The van der Waals surface area contributed by atoms with Crippen molar-refractivity contribution in [3.05, 3.63) is 78.4 Å². The number of amides is 1. The van der Waals surface area contributed by atoms with Crippen LogP contribution in [0.1, 0.15) is 5.56 Å². The lowest BCUT2D eigenvalue weighted by molar-refractivity contribution is -0.119. The highest BCUT2D eigenvalue weighted by molar-refractivity contribution is 7.98. The van der Waals surface area contributed by atoms with Crippen molar-refractivity contribution in [2.45, 2.75) is 9.79 Å². The molecule has 0 atom stereocenters. The van der Waals surface area contributed by atoms with Crippen LogP contribution in [0.4, 0.5) is 5.69 Å². The number of nitrogens with one attached hydrogen (secondary N) is 1. The second-order valence-electron chi connectivity index (χ2n) is 6.93. The number of rotatable bonds is 10. The Balaban J connectivity index is 1.88. The first-order chi connectivity index (χ1) is 16.4. The van der Waals surface area contributed by atoms with Gasteiger partial charge in [0.2, 0.25) is 0 Å². The molecule has 0 heterocycles. The lowest BCUT2D eigenvalue weighted by atomic mass is 10.2. The number of carbonyl (C=O) groups excluding carboxylic acids is 1. The maximum absolute atomic E-state index is 13.5. The van der Waals surface area contributed by atoms with E-state index >= 15 is 0 Å². The minimum absolute atomic E-state index is 0.0399. The molecule has 1 amide bonds. The van der Waals surface area contributed by atoms with Crippen LogP contribution in [0.5, 0.6) is 11.5 Å². The van der Waals surface area contributed by atoms with Crippen LogP contribution in [-0.4, -0.2) is 47.6 Å². The molecule has 0 bridgehead atoms. The van der Waals surface area contributed by atoms with Crippen molar-refractivity contribution in [2.24, 2.45) is 5.10 Å². The molecule has 178 valence electrons. The van der Waals surface area contributed by atoms with Crippen LogP contribution in [0.25, 0.3) is 0 Å². The van der Waals surface area contributed by atoms with Gasteiger partial charge >= 0.3 is 0 Å². The van der Waals surface area contributed by atoms with E-state index in [0.717, 1.165) is 14.8 Å². The van der Waals surface area contributed by atoms with E-state index in [4.69, 9.17) is 9.47 Å². The number of benzene rings is 3. The van der Waals surface area contributed by atoms with E-state index in [1.54, 1.807) is 42.1 Å². The molecule has 34 heavy (non-hydrogen) atoms. The van der Waals surface area contributed by atoms with Crippen LogP contribution in [0.3, 0.4) is 0 Å². The van der Waals surface area contributed by atoms with Crippen LogP contribution in [-0.2, 0) is 14.8 Å². The molecule has 0 aromatic heterocycles. The van der Waals surface area contributed by atoms with Gasteiger partial charge in [-0.25, -0.2) is 13.8 Å². The summed E-state index contributed by atoms with van der Waals surface area (Å²) in [6, 6.07) is 20.2. The monoisotopic (exact) mass is 499 g/mol. The predicted molar refractivity (Wildman–Crippen MR) is 134 cm³/mol. The van der Waals surface area contributed by atoms with E-state index in [2.05, 4.69) is 10.5 Å². The van der Waals surface area contributed by atoms with E-state index in [-0.39, 0.29) is 16.3 Å². The van der Waals surface area contributed by atoms with Gasteiger partial charge in [-0.2, -0.15) is 5.10 Å². The lowest BCUT2D eigenvalue weighted by Crippen LogP contribution is -2.39. The summed E-state index contributed by atoms with van der Waals surface area (Å²) >= 11 is 1.62. The quantitative estimate of drug-likeness (QED) is 0.259. The molecule has 1 N–H and O–H groups in total. The summed E-state index contributed by atoms with van der Waals surface area (Å²) in [5.74, 6) is 0.109. The normalized spacial score (nSPS) is 11.3. The van der Waals surface area contributed by atoms with Gasteiger partial charge in [0.1, 0.15) is 18.0 Å². The second-order valence-corrected chi connectivity index (χ2v) is 9.67. The summed E-state index contributed by atoms with van der Waals surface area (Å²) < 4.78 is 38.5. The minimum atomic E-state index is -4.09. The van der Waals surface area contributed by atoms with Crippen LogP contribution < -0.4 is 19.2 Å². The van der Waals surface area contributed by atoms with Crippen LogP contribution >= 0.6 is 11.8 Å². The summed E-state index contributed by atoms with van der Waals surface area (Å²) in [5.41, 5.74) is 3.39. The molecule has 0 aliphatic rings. The van der Waals surface area contributed by atoms with Gasteiger partial charge in [-0.05, 0) is 48.2 Å². The van der Waals surface area contributed by atoms with Gasteiger partial charge in [0, 0.05) is 11.0 Å². The van der Waals surface area contributed by atoms with Crippen molar-refractivity contribution in [1.29, 1.82) is 0 Å². The second kappa shape index (κ2) is 11.6. The molecule has 3 aromatic carbocycles. The van der Waals surface area contributed by atoms with Crippen molar-refractivity contribution in [3.63, 3.8) is 0 Å². The number of methoxy groups -OCH3 is 2. The Labute approximate surface area is 203 Å². The SMILES string of the molecule is COc1ccc(N(CC(=O)N/N=C\c2ccc(SC)cc2)S(=O)(=O)c2ccccc2)c(OC)c1. The molecule has 0 aliphatic carbocycles. The predicted octanol–water partition coefficient (Wildman–Crippen LogP) is 3.77. The van der Waals surface area contributed by atoms with E-state index < -0.39 is 22.5 Å². The fourth-order valence-corrected chi connectivity index (χ4v) is 4.91. The molecule has 0 fully saturated rings. The van der Waals surface area contributed by atoms with Gasteiger partial charge in [-0.15, -0.1) is 11.8 Å². The fraction of sp³-hybridized carbons (Fsp3) is 0.167. The number of nitrogens with zero attached hydrogens (tertiary/aromatic N) is 2. The first-order valence-electron chi connectivity index (χ1n) is 10.1. The Morgan fingerprint density at radius 1 is 1.03 bits per heavy atom. The molecule has 3 aromatic rings. The molecule has 10 heteroatoms. The molecular formula is C24H25N3O5S2. The van der Waals surface area contributed by atoms with Crippen molar-refractivity contribution in [3.8, 4) is 11.5 Å². The molecule has 0 unspecified atom stereocenters. The first-order valence-corrected chi connectivity index (χ1v) is 12.8. The van der Waals surface area contributed by atoms with Crippen molar-refractivity contribution in [2.75, 3.05) is 31.3 Å². The highest BCUT2D eigenvalue weighted by atomic mass is 32.2. The highest BCUT2D eigenvalue weighted by Crippen LogP contribution is 2.35. The molecule has 3 rings (SSSR count). The summed E-state index contributed by atoms with van der Waals surface area (Å²) in [4.78, 5) is 13.9. The third kappa shape index (κ3) is 6.09. The van der Waals surface area contributed by atoms with Gasteiger partial charge in [0.15, 0.2) is 0 Å². The molecule has 0 aliphatic heterocycles. The zero-order valence-corrected chi connectivity index (χ0v) is 20.6. The number of hydrazone groups is 1. The van der Waals surface area contributed by atoms with Gasteiger partial charge in [-0.3, -0.25) is 9.10 Å². The average molecular weight is 500 g/mol. The maximum Gasteiger partial charge on any atom is 0.264 e. The number of hydrogen-bond donors (Lipinski definition) is 1. The topological polar surface area (TPSA) is 97.3 Å². The van der Waals surface area contributed by atoms with Gasteiger partial charge in [-0.1, -0.05) is 30.3 Å². The van der Waals surface area contributed by atoms with E-state index in [1.165, 1.54) is 38.6 Å². The Morgan fingerprint density at radius 3 is 2.35 bits per heavy atom. The number of sulfonamides is 1.